The Bertz CT molecular complexity index is 1130. The summed E-state index contributed by atoms with van der Waals surface area (Å²) in [5.74, 6) is 0.966. The van der Waals surface area contributed by atoms with E-state index in [1.165, 1.54) is 11.8 Å². The Labute approximate surface area is 186 Å². The Morgan fingerprint density at radius 1 is 1.13 bits per heavy atom. The van der Waals surface area contributed by atoms with Gasteiger partial charge in [-0.3, -0.25) is 4.79 Å². The number of methoxy groups -OCH3 is 2. The second-order valence-corrected chi connectivity index (χ2v) is 11.0. The molecular weight excluding hydrogens is 436 g/mol. The Kier molecular flexibility index (Phi) is 5.98. The first-order valence-electron chi connectivity index (χ1n) is 9.85. The van der Waals surface area contributed by atoms with Crippen LogP contribution in [0.25, 0.3) is 0 Å². The van der Waals surface area contributed by atoms with Gasteiger partial charge in [0.1, 0.15) is 11.5 Å². The highest BCUT2D eigenvalue weighted by atomic mass is 32.2. The minimum Gasteiger partial charge on any atom is -0.497 e. The van der Waals surface area contributed by atoms with Crippen LogP contribution in [0.1, 0.15) is 11.1 Å². The molecule has 0 bridgehead atoms. The van der Waals surface area contributed by atoms with Gasteiger partial charge in [-0.1, -0.05) is 41.6 Å². The standard InChI is InChI=1S/C22H24N2O5S2/c1-14-4-6-15(7-5-14)10-21(25)23-22-24(18-12-31(26,27)13-20(18)30-22)17-11-16(28-2)8-9-19(17)29-3/h4-9,11,18,20H,10,12-13H2,1-3H3/t18-,20-/m0/s1. The zero-order valence-corrected chi connectivity index (χ0v) is 19.2. The summed E-state index contributed by atoms with van der Waals surface area (Å²) in [4.78, 5) is 19.0. The number of carbonyl (C=O) groups excluding carboxylic acids is 1. The van der Waals surface area contributed by atoms with Crippen molar-refractivity contribution in [2.24, 2.45) is 4.99 Å². The lowest BCUT2D eigenvalue weighted by Crippen LogP contribution is -2.38. The van der Waals surface area contributed by atoms with Crippen LogP contribution in [0.4, 0.5) is 5.69 Å². The number of ether oxygens (including phenoxy) is 2. The molecule has 2 heterocycles. The summed E-state index contributed by atoms with van der Waals surface area (Å²) in [5, 5.41) is 0.306. The van der Waals surface area contributed by atoms with Gasteiger partial charge in [0.05, 0.1) is 43.9 Å². The average Bonchev–Trinajstić information content (AvgIpc) is 3.19. The molecule has 2 aromatic carbocycles. The number of aryl methyl sites for hydroxylation is 1. The Balaban J connectivity index is 1.70. The van der Waals surface area contributed by atoms with Crippen molar-refractivity contribution in [3.63, 3.8) is 0 Å². The highest BCUT2D eigenvalue weighted by molar-refractivity contribution is 8.16. The van der Waals surface area contributed by atoms with Crippen molar-refractivity contribution in [3.8, 4) is 11.5 Å². The fourth-order valence-corrected chi connectivity index (χ4v) is 7.78. The maximum Gasteiger partial charge on any atom is 0.252 e. The third-order valence-electron chi connectivity index (χ3n) is 5.41. The van der Waals surface area contributed by atoms with Gasteiger partial charge in [-0.15, -0.1) is 0 Å². The quantitative estimate of drug-likeness (QED) is 0.678. The van der Waals surface area contributed by atoms with E-state index in [1.54, 1.807) is 32.4 Å². The molecule has 0 aromatic heterocycles. The van der Waals surface area contributed by atoms with Gasteiger partial charge in [0.2, 0.25) is 0 Å². The van der Waals surface area contributed by atoms with Crippen molar-refractivity contribution in [2.75, 3.05) is 30.6 Å². The van der Waals surface area contributed by atoms with Crippen LogP contribution < -0.4 is 14.4 Å². The fraction of sp³-hybridized carbons (Fsp3) is 0.364. The monoisotopic (exact) mass is 460 g/mol. The summed E-state index contributed by atoms with van der Waals surface area (Å²) in [6.07, 6.45) is 0.182. The first-order valence-corrected chi connectivity index (χ1v) is 12.5. The van der Waals surface area contributed by atoms with Crippen LogP contribution in [-0.4, -0.2) is 56.5 Å². The van der Waals surface area contributed by atoms with E-state index in [2.05, 4.69) is 4.99 Å². The van der Waals surface area contributed by atoms with Crippen LogP contribution >= 0.6 is 11.8 Å². The van der Waals surface area contributed by atoms with Gasteiger partial charge in [-0.25, -0.2) is 8.42 Å². The zero-order chi connectivity index (χ0) is 22.2. The molecule has 0 aliphatic carbocycles. The molecule has 2 saturated heterocycles. The summed E-state index contributed by atoms with van der Waals surface area (Å²) in [5.41, 5.74) is 2.65. The van der Waals surface area contributed by atoms with Crippen molar-refractivity contribution in [1.82, 2.24) is 0 Å². The van der Waals surface area contributed by atoms with Crippen molar-refractivity contribution in [1.29, 1.82) is 0 Å². The SMILES string of the molecule is COc1ccc(OC)c(N2C(=NC(=O)Cc3ccc(C)cc3)S[C@H]3CS(=O)(=O)C[C@@H]32)c1. The van der Waals surface area contributed by atoms with E-state index >= 15 is 0 Å². The van der Waals surface area contributed by atoms with E-state index in [9.17, 15) is 13.2 Å². The number of anilines is 1. The lowest BCUT2D eigenvalue weighted by molar-refractivity contribution is -0.117. The summed E-state index contributed by atoms with van der Waals surface area (Å²) in [6.45, 7) is 1.99. The van der Waals surface area contributed by atoms with Gasteiger partial charge < -0.3 is 14.4 Å². The van der Waals surface area contributed by atoms with Crippen molar-refractivity contribution < 1.29 is 22.7 Å². The van der Waals surface area contributed by atoms with Crippen LogP contribution in [0, 0.1) is 6.92 Å². The molecule has 0 N–H and O–H groups in total. The van der Waals surface area contributed by atoms with Gasteiger partial charge in [0.25, 0.3) is 5.91 Å². The largest absolute Gasteiger partial charge is 0.497 e. The van der Waals surface area contributed by atoms with Gasteiger partial charge in [-0.05, 0) is 24.6 Å². The first kappa shape index (κ1) is 21.7. The van der Waals surface area contributed by atoms with Crippen molar-refractivity contribution in [2.45, 2.75) is 24.6 Å². The van der Waals surface area contributed by atoms with Crippen molar-refractivity contribution in [3.05, 3.63) is 53.6 Å². The summed E-state index contributed by atoms with van der Waals surface area (Å²) >= 11 is 1.34. The summed E-state index contributed by atoms with van der Waals surface area (Å²) in [6, 6.07) is 12.8. The minimum absolute atomic E-state index is 0.0101. The number of thioether (sulfide) groups is 1. The van der Waals surface area contributed by atoms with E-state index in [0.29, 0.717) is 22.4 Å². The summed E-state index contributed by atoms with van der Waals surface area (Å²) in [7, 11) is -0.0456. The highest BCUT2D eigenvalue weighted by Crippen LogP contribution is 2.45. The molecule has 0 saturated carbocycles. The molecule has 9 heteroatoms. The lowest BCUT2D eigenvalue weighted by Gasteiger charge is -2.26. The number of amides is 1. The maximum absolute atomic E-state index is 12.8. The van der Waals surface area contributed by atoms with Crippen LogP contribution in [0.5, 0.6) is 11.5 Å². The Hall–Kier alpha value is -2.52. The predicted molar refractivity (Wildman–Crippen MR) is 123 cm³/mol. The van der Waals surface area contributed by atoms with Crippen LogP contribution in [0.2, 0.25) is 0 Å². The maximum atomic E-state index is 12.8. The molecule has 2 atom stereocenters. The molecule has 2 aliphatic heterocycles. The smallest absolute Gasteiger partial charge is 0.252 e. The molecule has 0 radical (unpaired) electrons. The normalized spacial score (nSPS) is 23.1. The van der Waals surface area contributed by atoms with Gasteiger partial charge in [0.15, 0.2) is 15.0 Å². The number of benzene rings is 2. The van der Waals surface area contributed by atoms with E-state index in [4.69, 9.17) is 9.47 Å². The topological polar surface area (TPSA) is 85.3 Å². The molecule has 31 heavy (non-hydrogen) atoms. The number of aliphatic imine (C=N–C) groups is 1. The highest BCUT2D eigenvalue weighted by Gasteiger charge is 2.50. The van der Waals surface area contributed by atoms with Gasteiger partial charge in [-0.2, -0.15) is 4.99 Å². The molecule has 0 spiro atoms. The van der Waals surface area contributed by atoms with Crippen molar-refractivity contribution >= 4 is 38.4 Å². The lowest BCUT2D eigenvalue weighted by atomic mass is 10.1. The van der Waals surface area contributed by atoms with E-state index in [0.717, 1.165) is 11.1 Å². The van der Waals surface area contributed by atoms with Crippen LogP contribution in [0.15, 0.2) is 47.5 Å². The average molecular weight is 461 g/mol. The zero-order valence-electron chi connectivity index (χ0n) is 17.6. The second-order valence-electron chi connectivity index (χ2n) is 7.66. The first-order chi connectivity index (χ1) is 14.8. The molecule has 0 unspecified atom stereocenters. The number of hydrogen-bond donors (Lipinski definition) is 0. The third kappa shape index (κ3) is 4.57. The van der Waals surface area contributed by atoms with E-state index < -0.39 is 9.84 Å². The molecule has 1 amide bonds. The van der Waals surface area contributed by atoms with Gasteiger partial charge >= 0.3 is 0 Å². The molecule has 2 aliphatic rings. The van der Waals surface area contributed by atoms with Gasteiger partial charge in [0, 0.05) is 11.3 Å². The minimum atomic E-state index is -3.16. The second kappa shape index (κ2) is 8.55. The molecule has 164 valence electrons. The molecule has 4 rings (SSSR count). The van der Waals surface area contributed by atoms with Crippen LogP contribution in [0.3, 0.4) is 0 Å². The molecule has 2 fully saturated rings. The number of nitrogens with zero attached hydrogens (tertiary/aromatic N) is 2. The summed E-state index contributed by atoms with van der Waals surface area (Å²) < 4.78 is 35.5. The molecule has 7 nitrogen and oxygen atoms in total. The van der Waals surface area contributed by atoms with E-state index in [-0.39, 0.29) is 35.1 Å². The number of hydrogen-bond acceptors (Lipinski definition) is 6. The number of carbonyl (C=O) groups is 1. The Morgan fingerprint density at radius 3 is 2.55 bits per heavy atom. The third-order valence-corrected chi connectivity index (χ3v) is 8.62. The number of rotatable bonds is 5. The predicted octanol–water partition coefficient (Wildman–Crippen LogP) is 2.86. The number of amidine groups is 1. The Morgan fingerprint density at radius 2 is 1.87 bits per heavy atom. The molecular formula is C22H24N2O5S2. The number of fused-ring (bicyclic) bond motifs is 1. The number of sulfone groups is 1. The van der Waals surface area contributed by atoms with Crippen LogP contribution in [-0.2, 0) is 21.1 Å². The fourth-order valence-electron chi connectivity index (χ4n) is 3.86. The molecule has 2 aromatic rings. The van der Waals surface area contributed by atoms with E-state index in [1.807, 2.05) is 36.1 Å².